The highest BCUT2D eigenvalue weighted by Gasteiger charge is 2.29. The van der Waals surface area contributed by atoms with Gasteiger partial charge in [-0.25, -0.2) is 4.98 Å². The number of rotatable bonds is 4. The number of ether oxygens (including phenoxy) is 2. The molecule has 1 aliphatic heterocycles. The Morgan fingerprint density at radius 3 is 3.20 bits per heavy atom. The van der Waals surface area contributed by atoms with E-state index >= 15 is 0 Å². The van der Waals surface area contributed by atoms with Crippen molar-refractivity contribution >= 4 is 11.6 Å². The molecule has 3 aromatic rings. The average molecular weight is 339 g/mol. The Hall–Kier alpha value is -3.00. The Morgan fingerprint density at radius 1 is 1.36 bits per heavy atom. The van der Waals surface area contributed by atoms with Crippen molar-refractivity contribution in [1.29, 1.82) is 0 Å². The van der Waals surface area contributed by atoms with Gasteiger partial charge in [0.15, 0.2) is 5.65 Å². The van der Waals surface area contributed by atoms with E-state index in [1.165, 1.54) is 0 Å². The first-order valence-electron chi connectivity index (χ1n) is 8.05. The summed E-state index contributed by atoms with van der Waals surface area (Å²) in [5.74, 6) is 0.342. The molecule has 0 unspecified atom stereocenters. The second-order valence-electron chi connectivity index (χ2n) is 5.78. The van der Waals surface area contributed by atoms with Crippen LogP contribution in [0.25, 0.3) is 5.65 Å². The Bertz CT molecular complexity index is 867. The molecule has 128 valence electrons. The molecule has 1 saturated heterocycles. The highest BCUT2D eigenvalue weighted by atomic mass is 16.5. The van der Waals surface area contributed by atoms with Crippen LogP contribution in [0.15, 0.2) is 49.1 Å². The monoisotopic (exact) mass is 339 g/mol. The topological polar surface area (TPSA) is 90.6 Å². The van der Waals surface area contributed by atoms with Gasteiger partial charge in [-0.1, -0.05) is 6.07 Å². The lowest BCUT2D eigenvalue weighted by molar-refractivity contribution is -0.00448. The summed E-state index contributed by atoms with van der Waals surface area (Å²) >= 11 is 0. The van der Waals surface area contributed by atoms with Gasteiger partial charge < -0.3 is 14.8 Å². The number of nitrogens with zero attached hydrogens (tertiary/aromatic N) is 4. The Balaban J connectivity index is 1.47. The van der Waals surface area contributed by atoms with E-state index in [0.717, 1.165) is 0 Å². The number of carbonyl (C=O) groups excluding carboxylic acids is 1. The van der Waals surface area contributed by atoms with E-state index in [0.29, 0.717) is 36.7 Å². The largest absolute Gasteiger partial charge is 0.472 e. The summed E-state index contributed by atoms with van der Waals surface area (Å²) in [5, 5.41) is 10.8. The third-order valence-corrected chi connectivity index (χ3v) is 4.08. The summed E-state index contributed by atoms with van der Waals surface area (Å²) in [6.45, 7) is 0.992. The molecule has 2 atom stereocenters. The summed E-state index contributed by atoms with van der Waals surface area (Å²) in [6, 6.07) is 8.66. The second-order valence-corrected chi connectivity index (χ2v) is 5.78. The molecule has 1 aliphatic rings. The molecular weight excluding hydrogens is 322 g/mol. The molecule has 0 aromatic carbocycles. The summed E-state index contributed by atoms with van der Waals surface area (Å²) in [5.41, 5.74) is 1.14. The molecule has 1 N–H and O–H groups in total. The van der Waals surface area contributed by atoms with Gasteiger partial charge in [0.2, 0.25) is 5.88 Å². The third kappa shape index (κ3) is 3.43. The highest BCUT2D eigenvalue weighted by molar-refractivity contribution is 5.95. The van der Waals surface area contributed by atoms with E-state index in [2.05, 4.69) is 20.5 Å². The van der Waals surface area contributed by atoms with Crippen molar-refractivity contribution in [2.24, 2.45) is 0 Å². The summed E-state index contributed by atoms with van der Waals surface area (Å²) in [7, 11) is 0. The number of nitrogens with one attached hydrogen (secondary N) is 1. The predicted molar refractivity (Wildman–Crippen MR) is 88.3 cm³/mol. The maximum atomic E-state index is 12.6. The molecule has 4 rings (SSSR count). The van der Waals surface area contributed by atoms with E-state index in [-0.39, 0.29) is 18.1 Å². The molecule has 4 heterocycles. The van der Waals surface area contributed by atoms with E-state index in [1.807, 2.05) is 12.1 Å². The van der Waals surface area contributed by atoms with Crippen molar-refractivity contribution in [1.82, 2.24) is 24.9 Å². The van der Waals surface area contributed by atoms with Crippen molar-refractivity contribution in [2.75, 3.05) is 13.2 Å². The minimum absolute atomic E-state index is 0.190. The second kappa shape index (κ2) is 6.86. The van der Waals surface area contributed by atoms with E-state index < -0.39 is 0 Å². The van der Waals surface area contributed by atoms with Crippen molar-refractivity contribution in [3.05, 3.63) is 54.6 Å². The Kier molecular flexibility index (Phi) is 4.26. The molecule has 0 spiro atoms. The zero-order valence-corrected chi connectivity index (χ0v) is 13.4. The van der Waals surface area contributed by atoms with Crippen LogP contribution in [0.3, 0.4) is 0 Å². The number of fused-ring (bicyclic) bond motifs is 1. The van der Waals surface area contributed by atoms with Gasteiger partial charge in [0.25, 0.3) is 5.91 Å². The van der Waals surface area contributed by atoms with Crippen LogP contribution in [0, 0.1) is 0 Å². The van der Waals surface area contributed by atoms with Crippen molar-refractivity contribution < 1.29 is 14.3 Å². The van der Waals surface area contributed by atoms with Crippen LogP contribution in [-0.4, -0.2) is 50.8 Å². The standard InChI is InChI=1S/C17H17N5O3/c23-17(12-4-7-22-11-19-21-15(22)9-12)20-13-10-24-8-5-14(13)25-16-3-1-2-6-18-16/h1-4,6-7,9,11,13-14H,5,8,10H2,(H,20,23)/t13-,14-/m1/s1. The lowest BCUT2D eigenvalue weighted by Gasteiger charge is -2.32. The Morgan fingerprint density at radius 2 is 2.32 bits per heavy atom. The van der Waals surface area contributed by atoms with Crippen LogP contribution in [-0.2, 0) is 4.74 Å². The third-order valence-electron chi connectivity index (χ3n) is 4.08. The lowest BCUT2D eigenvalue weighted by atomic mass is 10.1. The van der Waals surface area contributed by atoms with Gasteiger partial charge in [-0.3, -0.25) is 9.20 Å². The molecule has 8 heteroatoms. The zero-order chi connectivity index (χ0) is 17.1. The van der Waals surface area contributed by atoms with Crippen LogP contribution < -0.4 is 10.1 Å². The minimum atomic E-state index is -0.252. The number of hydrogen-bond donors (Lipinski definition) is 1. The normalized spacial score (nSPS) is 20.3. The molecule has 0 radical (unpaired) electrons. The van der Waals surface area contributed by atoms with Gasteiger partial charge in [0, 0.05) is 30.4 Å². The smallest absolute Gasteiger partial charge is 0.251 e. The first kappa shape index (κ1) is 15.5. The summed E-state index contributed by atoms with van der Waals surface area (Å²) in [6.07, 6.45) is 5.51. The fraction of sp³-hybridized carbons (Fsp3) is 0.294. The molecule has 0 bridgehead atoms. The van der Waals surface area contributed by atoms with Crippen LogP contribution in [0.4, 0.5) is 0 Å². The molecule has 8 nitrogen and oxygen atoms in total. The maximum Gasteiger partial charge on any atom is 0.251 e. The van der Waals surface area contributed by atoms with Crippen LogP contribution in [0.1, 0.15) is 16.8 Å². The van der Waals surface area contributed by atoms with Crippen molar-refractivity contribution in [2.45, 2.75) is 18.6 Å². The first-order chi connectivity index (χ1) is 12.3. The zero-order valence-electron chi connectivity index (χ0n) is 13.4. The van der Waals surface area contributed by atoms with Crippen LogP contribution in [0.5, 0.6) is 5.88 Å². The molecular formula is C17H17N5O3. The number of aromatic nitrogens is 4. The van der Waals surface area contributed by atoms with Gasteiger partial charge in [-0.05, 0) is 18.2 Å². The fourth-order valence-corrected chi connectivity index (χ4v) is 2.78. The Labute approximate surface area is 143 Å². The average Bonchev–Trinajstić information content (AvgIpc) is 3.12. The maximum absolute atomic E-state index is 12.6. The van der Waals surface area contributed by atoms with Crippen molar-refractivity contribution in [3.63, 3.8) is 0 Å². The molecule has 25 heavy (non-hydrogen) atoms. The van der Waals surface area contributed by atoms with Gasteiger partial charge >= 0.3 is 0 Å². The number of carbonyl (C=O) groups is 1. The quantitative estimate of drug-likeness (QED) is 0.765. The fourth-order valence-electron chi connectivity index (χ4n) is 2.78. The van der Waals surface area contributed by atoms with Gasteiger partial charge in [-0.15, -0.1) is 10.2 Å². The van der Waals surface area contributed by atoms with Gasteiger partial charge in [-0.2, -0.15) is 0 Å². The number of hydrogen-bond acceptors (Lipinski definition) is 6. The number of amides is 1. The molecule has 1 amide bonds. The predicted octanol–water partition coefficient (Wildman–Crippen LogP) is 1.09. The van der Waals surface area contributed by atoms with Crippen molar-refractivity contribution in [3.8, 4) is 5.88 Å². The van der Waals surface area contributed by atoms with Crippen LogP contribution in [0.2, 0.25) is 0 Å². The van der Waals surface area contributed by atoms with E-state index in [4.69, 9.17) is 9.47 Å². The van der Waals surface area contributed by atoms with Gasteiger partial charge in [0.1, 0.15) is 12.4 Å². The molecule has 0 saturated carbocycles. The lowest BCUT2D eigenvalue weighted by Crippen LogP contribution is -2.51. The molecule has 1 fully saturated rings. The molecule has 3 aromatic heterocycles. The molecule has 0 aliphatic carbocycles. The summed E-state index contributed by atoms with van der Waals surface area (Å²) in [4.78, 5) is 16.8. The van der Waals surface area contributed by atoms with Gasteiger partial charge in [0.05, 0.1) is 19.3 Å². The highest BCUT2D eigenvalue weighted by Crippen LogP contribution is 2.16. The minimum Gasteiger partial charge on any atom is -0.472 e. The summed E-state index contributed by atoms with van der Waals surface area (Å²) < 4.78 is 13.2. The van der Waals surface area contributed by atoms with Crippen LogP contribution >= 0.6 is 0 Å². The van der Waals surface area contributed by atoms with E-state index in [1.54, 1.807) is 41.3 Å². The van der Waals surface area contributed by atoms with E-state index in [9.17, 15) is 4.79 Å². The first-order valence-corrected chi connectivity index (χ1v) is 8.05. The SMILES string of the molecule is O=C(N[C@@H]1COCC[C@H]1Oc1ccccn1)c1ccn2cnnc2c1. The number of pyridine rings is 2.